The number of anilines is 1. The van der Waals surface area contributed by atoms with Gasteiger partial charge in [-0.05, 0) is 25.1 Å². The zero-order valence-electron chi connectivity index (χ0n) is 12.6. The number of nitrogens with two attached hydrogens (primary N) is 1. The Morgan fingerprint density at radius 3 is 2.68 bits per heavy atom. The van der Waals surface area contributed by atoms with E-state index in [0.717, 1.165) is 0 Å². The lowest BCUT2D eigenvalue weighted by atomic mass is 10.1. The van der Waals surface area contributed by atoms with Crippen LogP contribution in [0.4, 0.5) is 5.69 Å². The Morgan fingerprint density at radius 2 is 2.05 bits per heavy atom. The minimum absolute atomic E-state index is 0. The predicted octanol–water partition coefficient (Wildman–Crippen LogP) is 1.26. The Labute approximate surface area is 136 Å². The van der Waals surface area contributed by atoms with Crippen LogP contribution in [0.3, 0.4) is 0 Å². The van der Waals surface area contributed by atoms with E-state index in [4.69, 9.17) is 10.5 Å². The first-order chi connectivity index (χ1) is 10.1. The smallest absolute Gasteiger partial charge is 0.254 e. The molecule has 0 saturated carbocycles. The molecule has 1 unspecified atom stereocenters. The summed E-state index contributed by atoms with van der Waals surface area (Å²) in [7, 11) is 0. The molecule has 22 heavy (non-hydrogen) atoms. The first-order valence-corrected chi connectivity index (χ1v) is 7.09. The number of hydrogen-bond donors (Lipinski definition) is 2. The number of morpholine rings is 1. The highest BCUT2D eigenvalue weighted by atomic mass is 35.5. The molecule has 0 bridgehead atoms. The summed E-state index contributed by atoms with van der Waals surface area (Å²) in [5.41, 5.74) is 6.77. The van der Waals surface area contributed by atoms with Gasteiger partial charge >= 0.3 is 0 Å². The maximum atomic E-state index is 12.4. The first-order valence-electron chi connectivity index (χ1n) is 7.09. The molecule has 1 aromatic rings. The van der Waals surface area contributed by atoms with Crippen molar-refractivity contribution in [2.24, 2.45) is 5.73 Å². The number of halogens is 1. The molecule has 1 fully saturated rings. The van der Waals surface area contributed by atoms with Gasteiger partial charge in [-0.2, -0.15) is 0 Å². The van der Waals surface area contributed by atoms with Crippen molar-refractivity contribution in [2.75, 3.05) is 31.6 Å². The van der Waals surface area contributed by atoms with Gasteiger partial charge < -0.3 is 20.7 Å². The van der Waals surface area contributed by atoms with Gasteiger partial charge in [-0.3, -0.25) is 9.59 Å². The molecule has 1 heterocycles. The lowest BCUT2D eigenvalue weighted by Crippen LogP contribution is -2.40. The lowest BCUT2D eigenvalue weighted by Gasteiger charge is -2.27. The zero-order valence-corrected chi connectivity index (χ0v) is 13.4. The van der Waals surface area contributed by atoms with E-state index < -0.39 is 0 Å². The molecule has 1 aliphatic heterocycles. The van der Waals surface area contributed by atoms with E-state index in [1.54, 1.807) is 36.1 Å². The summed E-state index contributed by atoms with van der Waals surface area (Å²) in [5, 5.41) is 2.76. The van der Waals surface area contributed by atoms with Crippen LogP contribution in [-0.2, 0) is 9.53 Å². The Balaban J connectivity index is 0.00000242. The summed E-state index contributed by atoms with van der Waals surface area (Å²) in [6.07, 6.45) is 0.252. The van der Waals surface area contributed by atoms with E-state index in [9.17, 15) is 9.59 Å². The quantitative estimate of drug-likeness (QED) is 0.872. The minimum atomic E-state index is -0.192. The molecule has 0 radical (unpaired) electrons. The maximum absolute atomic E-state index is 12.4. The van der Waals surface area contributed by atoms with Crippen molar-refractivity contribution in [3.05, 3.63) is 29.8 Å². The van der Waals surface area contributed by atoms with Gasteiger partial charge in [0.05, 0.1) is 13.2 Å². The minimum Gasteiger partial charge on any atom is -0.378 e. The number of nitrogens with zero attached hydrogens (tertiary/aromatic N) is 1. The molecule has 3 N–H and O–H groups in total. The van der Waals surface area contributed by atoms with Crippen LogP contribution in [-0.4, -0.2) is 49.1 Å². The zero-order chi connectivity index (χ0) is 15.2. The van der Waals surface area contributed by atoms with Gasteiger partial charge in [-0.25, -0.2) is 0 Å². The highest BCUT2D eigenvalue weighted by Gasteiger charge is 2.18. The molecule has 7 heteroatoms. The molecular weight excluding hydrogens is 306 g/mol. The van der Waals surface area contributed by atoms with Crippen molar-refractivity contribution < 1.29 is 14.3 Å². The molecule has 1 aromatic carbocycles. The first kappa shape index (κ1) is 18.4. The van der Waals surface area contributed by atoms with Crippen molar-refractivity contribution in [3.8, 4) is 0 Å². The molecule has 6 nitrogen and oxygen atoms in total. The molecule has 0 spiro atoms. The average Bonchev–Trinajstić information content (AvgIpc) is 2.46. The number of nitrogens with one attached hydrogen (secondary N) is 1. The molecule has 0 aromatic heterocycles. The molecule has 1 saturated heterocycles. The number of benzene rings is 1. The van der Waals surface area contributed by atoms with Gasteiger partial charge in [0.2, 0.25) is 5.91 Å². The summed E-state index contributed by atoms with van der Waals surface area (Å²) in [6.45, 7) is 4.10. The van der Waals surface area contributed by atoms with Gasteiger partial charge in [-0.15, -0.1) is 12.4 Å². The number of rotatable bonds is 4. The van der Waals surface area contributed by atoms with Crippen LogP contribution in [0, 0.1) is 0 Å². The van der Waals surface area contributed by atoms with Gasteiger partial charge in [0.1, 0.15) is 0 Å². The van der Waals surface area contributed by atoms with Crippen LogP contribution >= 0.6 is 12.4 Å². The van der Waals surface area contributed by atoms with Crippen LogP contribution in [0.15, 0.2) is 24.3 Å². The monoisotopic (exact) mass is 327 g/mol. The normalized spacial score (nSPS) is 15.6. The lowest BCUT2D eigenvalue weighted by molar-refractivity contribution is -0.116. The Morgan fingerprint density at radius 1 is 1.36 bits per heavy atom. The number of amides is 2. The van der Waals surface area contributed by atoms with Gasteiger partial charge in [0.25, 0.3) is 5.91 Å². The van der Waals surface area contributed by atoms with Crippen molar-refractivity contribution in [1.29, 1.82) is 0 Å². The number of carbonyl (C=O) groups is 2. The summed E-state index contributed by atoms with van der Waals surface area (Å²) >= 11 is 0. The van der Waals surface area contributed by atoms with Crippen molar-refractivity contribution in [3.63, 3.8) is 0 Å². The highest BCUT2D eigenvalue weighted by molar-refractivity contribution is 5.97. The summed E-state index contributed by atoms with van der Waals surface area (Å²) in [5.74, 6) is -0.192. The molecule has 1 aliphatic rings. The summed E-state index contributed by atoms with van der Waals surface area (Å²) in [4.78, 5) is 25.8. The van der Waals surface area contributed by atoms with Crippen molar-refractivity contribution >= 4 is 29.9 Å². The van der Waals surface area contributed by atoms with E-state index in [-0.39, 0.29) is 36.7 Å². The van der Waals surface area contributed by atoms with Gasteiger partial charge in [0, 0.05) is 36.8 Å². The van der Waals surface area contributed by atoms with E-state index in [1.807, 2.05) is 0 Å². The van der Waals surface area contributed by atoms with Crippen LogP contribution in [0.2, 0.25) is 0 Å². The highest BCUT2D eigenvalue weighted by Crippen LogP contribution is 2.14. The maximum Gasteiger partial charge on any atom is 0.254 e. The van der Waals surface area contributed by atoms with Gasteiger partial charge in [0.15, 0.2) is 0 Å². The summed E-state index contributed by atoms with van der Waals surface area (Å²) < 4.78 is 5.24. The van der Waals surface area contributed by atoms with Crippen LogP contribution in [0.1, 0.15) is 23.7 Å². The van der Waals surface area contributed by atoms with E-state index in [1.165, 1.54) is 0 Å². The van der Waals surface area contributed by atoms with E-state index in [0.29, 0.717) is 37.6 Å². The fraction of sp³-hybridized carbons (Fsp3) is 0.467. The van der Waals surface area contributed by atoms with E-state index >= 15 is 0 Å². The Hall–Kier alpha value is -1.63. The van der Waals surface area contributed by atoms with Crippen molar-refractivity contribution in [1.82, 2.24) is 4.90 Å². The second kappa shape index (κ2) is 8.73. The average molecular weight is 328 g/mol. The van der Waals surface area contributed by atoms with Crippen LogP contribution < -0.4 is 11.1 Å². The largest absolute Gasteiger partial charge is 0.378 e. The standard InChI is InChI=1S/C15H21N3O3.ClH/c1-11(16)9-14(19)17-13-4-2-3-12(10-13)15(20)18-5-7-21-8-6-18;/h2-4,10-11H,5-9,16H2,1H3,(H,17,19);1H. The molecular formula is C15H22ClN3O3. The fourth-order valence-corrected chi connectivity index (χ4v) is 2.18. The van der Waals surface area contributed by atoms with Crippen LogP contribution in [0.5, 0.6) is 0 Å². The van der Waals surface area contributed by atoms with Crippen LogP contribution in [0.25, 0.3) is 0 Å². The third-order valence-electron chi connectivity index (χ3n) is 3.20. The third-order valence-corrected chi connectivity index (χ3v) is 3.20. The molecule has 122 valence electrons. The topological polar surface area (TPSA) is 84.7 Å². The Kier molecular flexibility index (Phi) is 7.31. The number of hydrogen-bond acceptors (Lipinski definition) is 4. The fourth-order valence-electron chi connectivity index (χ4n) is 2.18. The number of carbonyl (C=O) groups excluding carboxylic acids is 2. The van der Waals surface area contributed by atoms with Crippen molar-refractivity contribution in [2.45, 2.75) is 19.4 Å². The second-order valence-electron chi connectivity index (χ2n) is 5.21. The SMILES string of the molecule is CC(N)CC(=O)Nc1cccc(C(=O)N2CCOCC2)c1.Cl. The Bertz CT molecular complexity index is 517. The third kappa shape index (κ3) is 5.29. The molecule has 2 amide bonds. The molecule has 0 aliphatic carbocycles. The number of ether oxygens (including phenoxy) is 1. The van der Waals surface area contributed by atoms with Gasteiger partial charge in [-0.1, -0.05) is 6.07 Å². The molecule has 1 atom stereocenters. The predicted molar refractivity (Wildman–Crippen MR) is 87.3 cm³/mol. The second-order valence-corrected chi connectivity index (χ2v) is 5.21. The summed E-state index contributed by atoms with van der Waals surface area (Å²) in [6, 6.07) is 6.77. The molecule has 2 rings (SSSR count). The van der Waals surface area contributed by atoms with E-state index in [2.05, 4.69) is 5.32 Å².